The summed E-state index contributed by atoms with van der Waals surface area (Å²) < 4.78 is 26.3. The zero-order valence-electron chi connectivity index (χ0n) is 12.2. The van der Waals surface area contributed by atoms with E-state index in [1.54, 1.807) is 24.3 Å². The third kappa shape index (κ3) is 5.84. The van der Waals surface area contributed by atoms with Crippen LogP contribution in [0.4, 0.5) is 0 Å². The van der Waals surface area contributed by atoms with E-state index in [2.05, 4.69) is 11.6 Å². The molecule has 0 aromatic heterocycles. The molecule has 1 aromatic carbocycles. The van der Waals surface area contributed by atoms with Crippen LogP contribution in [0.15, 0.2) is 29.2 Å². The number of aryl methyl sites for hydroxylation is 1. The van der Waals surface area contributed by atoms with Gasteiger partial charge in [-0.25, -0.2) is 13.1 Å². The second-order valence-electron chi connectivity index (χ2n) is 4.99. The highest BCUT2D eigenvalue weighted by atomic mass is 32.2. The summed E-state index contributed by atoms with van der Waals surface area (Å²) in [6, 6.07) is 6.56. The van der Waals surface area contributed by atoms with Crippen LogP contribution in [0.1, 0.15) is 44.6 Å². The van der Waals surface area contributed by atoms with Crippen molar-refractivity contribution in [3.05, 3.63) is 29.8 Å². The van der Waals surface area contributed by atoms with Gasteiger partial charge in [0.15, 0.2) is 0 Å². The highest BCUT2D eigenvalue weighted by molar-refractivity contribution is 7.89. The predicted molar refractivity (Wildman–Crippen MR) is 80.1 cm³/mol. The van der Waals surface area contributed by atoms with Crippen molar-refractivity contribution in [2.45, 2.75) is 50.8 Å². The van der Waals surface area contributed by atoms with Gasteiger partial charge in [-0.2, -0.15) is 0 Å². The summed E-state index contributed by atoms with van der Waals surface area (Å²) in [5.74, 6) is -0.0585. The van der Waals surface area contributed by atoms with Gasteiger partial charge in [-0.15, -0.1) is 0 Å². The Morgan fingerprint density at radius 2 is 1.75 bits per heavy atom. The molecule has 4 nitrogen and oxygen atoms in total. The number of carbonyl (C=O) groups is 1. The molecule has 0 bridgehead atoms. The Morgan fingerprint density at radius 3 is 2.35 bits per heavy atom. The van der Waals surface area contributed by atoms with E-state index in [0.29, 0.717) is 6.42 Å². The molecule has 112 valence electrons. The molecular weight excluding hydrogens is 274 g/mol. The van der Waals surface area contributed by atoms with Gasteiger partial charge in [0.2, 0.25) is 10.0 Å². The summed E-state index contributed by atoms with van der Waals surface area (Å²) in [5, 5.41) is 0. The lowest BCUT2D eigenvalue weighted by molar-refractivity contribution is -0.118. The molecule has 0 saturated heterocycles. The first-order valence-corrected chi connectivity index (χ1v) is 8.52. The van der Waals surface area contributed by atoms with Gasteiger partial charge >= 0.3 is 0 Å². The van der Waals surface area contributed by atoms with Gasteiger partial charge in [0.1, 0.15) is 5.78 Å². The maximum atomic E-state index is 12.0. The monoisotopic (exact) mass is 297 g/mol. The van der Waals surface area contributed by atoms with E-state index in [0.717, 1.165) is 31.2 Å². The molecule has 0 radical (unpaired) electrons. The molecule has 0 atom stereocenters. The molecule has 0 spiro atoms. The van der Waals surface area contributed by atoms with Crippen molar-refractivity contribution in [1.29, 1.82) is 0 Å². The number of benzene rings is 1. The molecule has 1 aromatic rings. The van der Waals surface area contributed by atoms with Crippen LogP contribution in [0.25, 0.3) is 0 Å². The average molecular weight is 297 g/mol. The largest absolute Gasteiger partial charge is 0.298 e. The van der Waals surface area contributed by atoms with Gasteiger partial charge in [-0.1, -0.05) is 43.9 Å². The van der Waals surface area contributed by atoms with E-state index in [9.17, 15) is 13.2 Å². The molecule has 0 unspecified atom stereocenters. The number of hydrogen-bond donors (Lipinski definition) is 1. The number of sulfonamides is 1. The molecule has 0 heterocycles. The Kier molecular flexibility index (Phi) is 6.88. The van der Waals surface area contributed by atoms with Gasteiger partial charge in [-0.3, -0.25) is 4.79 Å². The third-order valence-electron chi connectivity index (χ3n) is 3.10. The number of ketones is 1. The topological polar surface area (TPSA) is 63.2 Å². The quantitative estimate of drug-likeness (QED) is 0.713. The molecule has 0 aliphatic heterocycles. The number of hydrogen-bond acceptors (Lipinski definition) is 3. The van der Waals surface area contributed by atoms with E-state index >= 15 is 0 Å². The predicted octanol–water partition coefficient (Wildman–Crippen LogP) is 2.81. The van der Waals surface area contributed by atoms with Gasteiger partial charge in [-0.05, 0) is 25.5 Å². The average Bonchev–Trinajstić information content (AvgIpc) is 2.42. The first-order chi connectivity index (χ1) is 9.45. The summed E-state index contributed by atoms with van der Waals surface area (Å²) in [4.78, 5) is 11.8. The number of nitrogens with one attached hydrogen (secondary N) is 1. The molecule has 0 aliphatic carbocycles. The van der Waals surface area contributed by atoms with Crippen LogP contribution in [0.5, 0.6) is 0 Å². The lowest BCUT2D eigenvalue weighted by atomic mass is 10.1. The fourth-order valence-corrected chi connectivity index (χ4v) is 2.83. The maximum absolute atomic E-state index is 12.0. The Balaban J connectivity index is 2.43. The minimum absolute atomic E-state index is 0.0585. The number of Topliss-reactive ketones (excluding diaryl/α,β-unsaturated/α-hetero) is 1. The van der Waals surface area contributed by atoms with Gasteiger partial charge < -0.3 is 0 Å². The third-order valence-corrected chi connectivity index (χ3v) is 4.52. The van der Waals surface area contributed by atoms with Gasteiger partial charge in [0.25, 0.3) is 0 Å². The first kappa shape index (κ1) is 16.9. The number of rotatable bonds is 9. The molecule has 1 rings (SSSR count). The zero-order chi connectivity index (χ0) is 15.0. The highest BCUT2D eigenvalue weighted by Crippen LogP contribution is 2.10. The molecule has 0 saturated carbocycles. The lowest BCUT2D eigenvalue weighted by Gasteiger charge is -2.06. The minimum atomic E-state index is -3.58. The summed E-state index contributed by atoms with van der Waals surface area (Å²) in [6.07, 6.45) is 4.53. The van der Waals surface area contributed by atoms with Crippen molar-refractivity contribution in [3.8, 4) is 0 Å². The van der Waals surface area contributed by atoms with Crippen LogP contribution >= 0.6 is 0 Å². The summed E-state index contributed by atoms with van der Waals surface area (Å²) in [6.45, 7) is 3.88. The second-order valence-corrected chi connectivity index (χ2v) is 6.75. The molecule has 0 amide bonds. The zero-order valence-corrected chi connectivity index (χ0v) is 13.0. The van der Waals surface area contributed by atoms with Crippen LogP contribution in [0, 0.1) is 6.92 Å². The van der Waals surface area contributed by atoms with Crippen LogP contribution in [-0.4, -0.2) is 20.7 Å². The number of carbonyl (C=O) groups excluding carboxylic acids is 1. The SMILES string of the molecule is CCCCCCC(=O)CNS(=O)(=O)c1ccc(C)cc1. The first-order valence-electron chi connectivity index (χ1n) is 7.03. The van der Waals surface area contributed by atoms with Crippen LogP contribution in [-0.2, 0) is 14.8 Å². The molecule has 5 heteroatoms. The fourth-order valence-electron chi connectivity index (χ4n) is 1.81. The van der Waals surface area contributed by atoms with Crippen molar-refractivity contribution >= 4 is 15.8 Å². The van der Waals surface area contributed by atoms with E-state index in [4.69, 9.17) is 0 Å². The van der Waals surface area contributed by atoms with Crippen molar-refractivity contribution in [2.75, 3.05) is 6.54 Å². The Morgan fingerprint density at radius 1 is 1.10 bits per heavy atom. The second kappa shape index (κ2) is 8.17. The molecular formula is C15H23NO3S. The van der Waals surface area contributed by atoms with Crippen molar-refractivity contribution in [2.24, 2.45) is 0 Å². The Bertz CT molecular complexity index is 521. The van der Waals surface area contributed by atoms with Crippen LogP contribution in [0.3, 0.4) is 0 Å². The van der Waals surface area contributed by atoms with E-state index < -0.39 is 10.0 Å². The van der Waals surface area contributed by atoms with E-state index in [1.165, 1.54) is 0 Å². The smallest absolute Gasteiger partial charge is 0.240 e. The van der Waals surface area contributed by atoms with Crippen molar-refractivity contribution in [3.63, 3.8) is 0 Å². The van der Waals surface area contributed by atoms with Crippen molar-refractivity contribution < 1.29 is 13.2 Å². The summed E-state index contributed by atoms with van der Waals surface area (Å²) in [5.41, 5.74) is 0.996. The van der Waals surface area contributed by atoms with Gasteiger partial charge in [0, 0.05) is 6.42 Å². The van der Waals surface area contributed by atoms with Crippen LogP contribution in [0.2, 0.25) is 0 Å². The maximum Gasteiger partial charge on any atom is 0.240 e. The summed E-state index contributed by atoms with van der Waals surface area (Å²) >= 11 is 0. The van der Waals surface area contributed by atoms with E-state index in [1.807, 2.05) is 6.92 Å². The van der Waals surface area contributed by atoms with E-state index in [-0.39, 0.29) is 17.2 Å². The van der Waals surface area contributed by atoms with Crippen molar-refractivity contribution in [1.82, 2.24) is 4.72 Å². The molecule has 0 fully saturated rings. The van der Waals surface area contributed by atoms with Crippen LogP contribution < -0.4 is 4.72 Å². The fraction of sp³-hybridized carbons (Fsp3) is 0.533. The lowest BCUT2D eigenvalue weighted by Crippen LogP contribution is -2.29. The standard InChI is InChI=1S/C15H23NO3S/c1-3-4-5-6-7-14(17)12-16-20(18,19)15-10-8-13(2)9-11-15/h8-11,16H,3-7,12H2,1-2H3. The Labute approximate surface area is 121 Å². The van der Waals surface area contributed by atoms with Gasteiger partial charge in [0.05, 0.1) is 11.4 Å². The molecule has 20 heavy (non-hydrogen) atoms. The minimum Gasteiger partial charge on any atom is -0.298 e. The summed E-state index contributed by atoms with van der Waals surface area (Å²) in [7, 11) is -3.58. The normalized spacial score (nSPS) is 11.5. The molecule has 0 aliphatic rings. The Hall–Kier alpha value is -1.20. The molecule has 1 N–H and O–H groups in total. The highest BCUT2D eigenvalue weighted by Gasteiger charge is 2.14. The number of unbranched alkanes of at least 4 members (excludes halogenated alkanes) is 3.